The third-order valence-electron chi connectivity index (χ3n) is 5.33. The second-order valence-electron chi connectivity index (χ2n) is 6.85. The number of carbonyl (C=O) groups excluding carboxylic acids is 1. The van der Waals surface area contributed by atoms with Crippen molar-refractivity contribution >= 4 is 12.1 Å². The molecule has 0 radical (unpaired) electrons. The monoisotopic (exact) mass is 339 g/mol. The first kappa shape index (κ1) is 17.5. The molecule has 1 saturated carbocycles. The second kappa shape index (κ2) is 7.71. The zero-order valence-electron chi connectivity index (χ0n) is 14.6. The molecule has 25 heavy (non-hydrogen) atoms. The van der Waals surface area contributed by atoms with Gasteiger partial charge in [-0.05, 0) is 30.9 Å². The number of hydrogen-bond acceptors (Lipinski definition) is 3. The molecule has 1 aromatic rings. The van der Waals surface area contributed by atoms with Crippen molar-refractivity contribution in [3.63, 3.8) is 0 Å². The first-order valence-electron chi connectivity index (χ1n) is 9.01. The van der Waals surface area contributed by atoms with E-state index in [4.69, 9.17) is 0 Å². The van der Waals surface area contributed by atoms with Crippen LogP contribution in [0.2, 0.25) is 0 Å². The summed E-state index contributed by atoms with van der Waals surface area (Å²) in [4.78, 5) is 14.1. The van der Waals surface area contributed by atoms with Crippen molar-refractivity contribution in [1.82, 2.24) is 10.2 Å². The fraction of sp³-hybridized carbons (Fsp3) is 0.500. The van der Waals surface area contributed by atoms with Gasteiger partial charge in [-0.25, -0.2) is 4.79 Å². The molecule has 5 nitrogen and oxygen atoms in total. The van der Waals surface area contributed by atoms with E-state index in [0.29, 0.717) is 0 Å². The molecular formula is C20H25N3O2. The molecule has 1 aliphatic heterocycles. The highest BCUT2D eigenvalue weighted by molar-refractivity contribution is 5.77. The highest BCUT2D eigenvalue weighted by Gasteiger charge is 2.51. The number of hydrogen-bond donors (Lipinski definition) is 2. The van der Waals surface area contributed by atoms with Gasteiger partial charge in [0.25, 0.3) is 0 Å². The molecule has 3 rings (SSSR count). The van der Waals surface area contributed by atoms with E-state index in [2.05, 4.69) is 11.4 Å². The number of allylic oxidation sites excluding steroid dienone is 1. The van der Waals surface area contributed by atoms with Gasteiger partial charge in [-0.2, -0.15) is 5.26 Å². The summed E-state index contributed by atoms with van der Waals surface area (Å²) >= 11 is 0. The van der Waals surface area contributed by atoms with Gasteiger partial charge in [0.2, 0.25) is 0 Å². The molecule has 0 aromatic heterocycles. The van der Waals surface area contributed by atoms with Crippen molar-refractivity contribution < 1.29 is 9.90 Å². The summed E-state index contributed by atoms with van der Waals surface area (Å²) in [6.07, 6.45) is 8.25. The van der Waals surface area contributed by atoms with Crippen LogP contribution in [0.5, 0.6) is 0 Å². The zero-order valence-corrected chi connectivity index (χ0v) is 14.6. The Morgan fingerprint density at radius 1 is 1.36 bits per heavy atom. The summed E-state index contributed by atoms with van der Waals surface area (Å²) in [5, 5.41) is 22.4. The van der Waals surface area contributed by atoms with Crippen LogP contribution in [-0.4, -0.2) is 40.8 Å². The maximum Gasteiger partial charge on any atom is 0.319 e. The summed E-state index contributed by atoms with van der Waals surface area (Å²) in [5.41, 5.74) is 2.08. The number of amides is 2. The van der Waals surface area contributed by atoms with Gasteiger partial charge in [-0.1, -0.05) is 49.3 Å². The first-order chi connectivity index (χ1) is 12.2. The smallest absolute Gasteiger partial charge is 0.319 e. The normalized spacial score (nSPS) is 26.4. The van der Waals surface area contributed by atoms with E-state index in [-0.39, 0.29) is 30.6 Å². The molecule has 1 aliphatic carbocycles. The molecule has 1 saturated heterocycles. The third kappa shape index (κ3) is 3.40. The van der Waals surface area contributed by atoms with Crippen molar-refractivity contribution in [2.24, 2.45) is 0 Å². The largest absolute Gasteiger partial charge is 0.394 e. The fourth-order valence-corrected chi connectivity index (χ4v) is 4.03. The summed E-state index contributed by atoms with van der Waals surface area (Å²) in [6.45, 7) is 1.83. The predicted octanol–water partition coefficient (Wildman–Crippen LogP) is 3.02. The van der Waals surface area contributed by atoms with Crippen molar-refractivity contribution in [2.45, 2.75) is 56.7 Å². The quantitative estimate of drug-likeness (QED) is 0.885. The number of nitrogens with one attached hydrogen (secondary N) is 1. The molecule has 2 N–H and O–H groups in total. The lowest BCUT2D eigenvalue weighted by molar-refractivity contribution is 0.0158. The van der Waals surface area contributed by atoms with Crippen molar-refractivity contribution in [1.29, 1.82) is 5.26 Å². The van der Waals surface area contributed by atoms with Gasteiger partial charge >= 0.3 is 6.03 Å². The molecule has 2 fully saturated rings. The van der Waals surface area contributed by atoms with E-state index in [1.807, 2.05) is 43.3 Å². The Morgan fingerprint density at radius 3 is 2.60 bits per heavy atom. The van der Waals surface area contributed by atoms with Gasteiger partial charge in [0, 0.05) is 12.0 Å². The number of likely N-dealkylation sites (tertiary alicyclic amines) is 1. The highest BCUT2D eigenvalue weighted by Crippen LogP contribution is 2.40. The molecule has 3 atom stereocenters. The number of rotatable bonds is 4. The van der Waals surface area contributed by atoms with Crippen LogP contribution >= 0.6 is 0 Å². The van der Waals surface area contributed by atoms with E-state index in [1.54, 1.807) is 0 Å². The number of nitriles is 1. The maximum absolute atomic E-state index is 12.6. The Kier molecular flexibility index (Phi) is 5.40. The molecule has 0 spiro atoms. The Balaban J connectivity index is 1.74. The topological polar surface area (TPSA) is 76.4 Å². The standard InChI is InChI=1S/C20H25N3O2/c1-2-5-14-8-10-15(11-9-14)19-17(12-21)23(18(19)13-24)20(25)22-16-6-3-4-7-16/h2,5,8-11,16-19,24H,3-4,6-7,13H2,1H3,(H,22,25)/b5-2+/t17-,18-,19-/m1/s1. The lowest BCUT2D eigenvalue weighted by Gasteiger charge is -2.51. The molecule has 0 bridgehead atoms. The number of aliphatic hydroxyl groups is 1. The predicted molar refractivity (Wildman–Crippen MR) is 96.8 cm³/mol. The molecule has 2 aliphatic rings. The summed E-state index contributed by atoms with van der Waals surface area (Å²) in [5.74, 6) is -0.149. The minimum absolute atomic E-state index is 0.141. The summed E-state index contributed by atoms with van der Waals surface area (Å²) in [7, 11) is 0. The van der Waals surface area contributed by atoms with Crippen molar-refractivity contribution in [3.05, 3.63) is 41.5 Å². The lowest BCUT2D eigenvalue weighted by Crippen LogP contribution is -2.67. The van der Waals surface area contributed by atoms with E-state index >= 15 is 0 Å². The molecule has 1 heterocycles. The molecule has 5 heteroatoms. The minimum atomic E-state index is -0.536. The van der Waals surface area contributed by atoms with E-state index in [9.17, 15) is 15.2 Å². The number of urea groups is 1. The molecule has 132 valence electrons. The summed E-state index contributed by atoms with van der Waals surface area (Å²) < 4.78 is 0. The van der Waals surface area contributed by atoms with Gasteiger partial charge in [0.15, 0.2) is 0 Å². The van der Waals surface area contributed by atoms with Gasteiger partial charge in [0.05, 0.1) is 18.7 Å². The molecular weight excluding hydrogens is 314 g/mol. The number of nitrogens with zero attached hydrogens (tertiary/aromatic N) is 2. The van der Waals surface area contributed by atoms with Gasteiger partial charge in [0.1, 0.15) is 6.04 Å². The van der Waals surface area contributed by atoms with Crippen molar-refractivity contribution in [2.75, 3.05) is 6.61 Å². The Labute approximate surface area is 148 Å². The Morgan fingerprint density at radius 2 is 2.04 bits per heavy atom. The molecule has 1 aromatic carbocycles. The summed E-state index contributed by atoms with van der Waals surface area (Å²) in [6, 6.07) is 9.31. The average molecular weight is 339 g/mol. The Bertz CT molecular complexity index is 671. The van der Waals surface area contributed by atoms with Crippen molar-refractivity contribution in [3.8, 4) is 6.07 Å². The lowest BCUT2D eigenvalue weighted by atomic mass is 9.76. The maximum atomic E-state index is 12.6. The van der Waals surface area contributed by atoms with Gasteiger partial charge < -0.3 is 15.3 Å². The SMILES string of the molecule is C/C=C/c1ccc([C@@H]2[C@@H](C#N)N(C(=O)NC3CCCC3)[C@@H]2CO)cc1. The van der Waals surface area contributed by atoms with E-state index in [0.717, 1.165) is 36.8 Å². The zero-order chi connectivity index (χ0) is 17.8. The van der Waals surface area contributed by atoms with Crippen LogP contribution in [0.4, 0.5) is 4.79 Å². The number of aliphatic hydroxyl groups excluding tert-OH is 1. The minimum Gasteiger partial charge on any atom is -0.394 e. The van der Waals surface area contributed by atoms with Crippen LogP contribution < -0.4 is 5.32 Å². The first-order valence-corrected chi connectivity index (χ1v) is 9.01. The fourth-order valence-electron chi connectivity index (χ4n) is 4.03. The van der Waals surface area contributed by atoms with Crippen LogP contribution in [0.15, 0.2) is 30.3 Å². The van der Waals surface area contributed by atoms with Crippen LogP contribution in [-0.2, 0) is 0 Å². The Hall–Kier alpha value is -2.32. The molecule has 2 amide bonds. The van der Waals surface area contributed by atoms with Crippen LogP contribution in [0.1, 0.15) is 49.7 Å². The van der Waals surface area contributed by atoms with Gasteiger partial charge in [-0.3, -0.25) is 0 Å². The average Bonchev–Trinajstić information content (AvgIpc) is 3.09. The van der Waals surface area contributed by atoms with E-state index < -0.39 is 6.04 Å². The van der Waals surface area contributed by atoms with Crippen LogP contribution in [0.3, 0.4) is 0 Å². The van der Waals surface area contributed by atoms with Gasteiger partial charge in [-0.15, -0.1) is 0 Å². The second-order valence-corrected chi connectivity index (χ2v) is 6.85. The number of benzene rings is 1. The highest BCUT2D eigenvalue weighted by atomic mass is 16.3. The van der Waals surface area contributed by atoms with E-state index in [1.165, 1.54) is 4.90 Å². The molecule has 0 unspecified atom stereocenters. The third-order valence-corrected chi connectivity index (χ3v) is 5.33. The van der Waals surface area contributed by atoms with Crippen LogP contribution in [0.25, 0.3) is 6.08 Å². The van der Waals surface area contributed by atoms with Crippen LogP contribution in [0, 0.1) is 11.3 Å². The number of carbonyl (C=O) groups is 1.